The van der Waals surface area contributed by atoms with Crippen molar-refractivity contribution in [1.29, 1.82) is 0 Å². The number of hydrogen-bond acceptors (Lipinski definition) is 3. The molecule has 1 aromatic heterocycles. The first-order valence-electron chi connectivity index (χ1n) is 6.32. The number of carbonyl (C=O) groups excluding carboxylic acids is 1. The summed E-state index contributed by atoms with van der Waals surface area (Å²) in [6.45, 7) is 5.01. The molecule has 2 atom stereocenters. The molecule has 0 aliphatic heterocycles. The summed E-state index contributed by atoms with van der Waals surface area (Å²) in [4.78, 5) is 16.1. The van der Waals surface area contributed by atoms with E-state index in [4.69, 9.17) is 11.6 Å². The average molecular weight is 268 g/mol. The van der Waals surface area contributed by atoms with E-state index in [-0.39, 0.29) is 5.91 Å². The zero-order valence-corrected chi connectivity index (χ0v) is 11.4. The summed E-state index contributed by atoms with van der Waals surface area (Å²) in [5.74, 6) is 1.12. The third-order valence-electron chi connectivity index (χ3n) is 3.07. The van der Waals surface area contributed by atoms with Crippen molar-refractivity contribution >= 4 is 23.3 Å². The number of anilines is 1. The number of amides is 1. The zero-order chi connectivity index (χ0) is 13.1. The first-order chi connectivity index (χ1) is 8.61. The van der Waals surface area contributed by atoms with Crippen molar-refractivity contribution in [2.75, 3.05) is 11.9 Å². The Bertz CT molecular complexity index is 450. The predicted octanol–water partition coefficient (Wildman–Crippen LogP) is 2.70. The van der Waals surface area contributed by atoms with Gasteiger partial charge in [-0.2, -0.15) is 0 Å². The van der Waals surface area contributed by atoms with Gasteiger partial charge in [-0.05, 0) is 24.8 Å². The SMILES string of the molecule is CCCNc1ncc(C(=O)NC2CC2C)cc1Cl. The lowest BCUT2D eigenvalue weighted by molar-refractivity contribution is 0.0949. The second-order valence-electron chi connectivity index (χ2n) is 4.77. The Hall–Kier alpha value is -1.29. The van der Waals surface area contributed by atoms with Gasteiger partial charge in [0, 0.05) is 18.8 Å². The standard InChI is InChI=1S/C13H18ClN3O/c1-3-4-15-12-10(14)6-9(7-16-12)13(18)17-11-5-8(11)2/h6-8,11H,3-5H2,1-2H3,(H,15,16)(H,17,18). The van der Waals surface area contributed by atoms with E-state index < -0.39 is 0 Å². The molecule has 1 aromatic rings. The molecule has 1 fully saturated rings. The molecule has 2 unspecified atom stereocenters. The molecule has 1 aliphatic rings. The van der Waals surface area contributed by atoms with Crippen LogP contribution in [0.3, 0.4) is 0 Å². The van der Waals surface area contributed by atoms with Crippen LogP contribution in [-0.4, -0.2) is 23.5 Å². The summed E-state index contributed by atoms with van der Waals surface area (Å²) in [5, 5.41) is 6.55. The summed E-state index contributed by atoms with van der Waals surface area (Å²) in [7, 11) is 0. The summed E-state index contributed by atoms with van der Waals surface area (Å²) >= 11 is 6.09. The lowest BCUT2D eigenvalue weighted by Gasteiger charge is -2.08. The molecule has 0 aromatic carbocycles. The van der Waals surface area contributed by atoms with E-state index in [2.05, 4.69) is 29.5 Å². The number of nitrogens with one attached hydrogen (secondary N) is 2. The summed E-state index contributed by atoms with van der Waals surface area (Å²) < 4.78 is 0. The van der Waals surface area contributed by atoms with E-state index in [1.165, 1.54) is 0 Å². The Balaban J connectivity index is 2.01. The molecular weight excluding hydrogens is 250 g/mol. The highest BCUT2D eigenvalue weighted by atomic mass is 35.5. The maximum atomic E-state index is 11.9. The van der Waals surface area contributed by atoms with E-state index in [0.717, 1.165) is 19.4 Å². The molecule has 5 heteroatoms. The molecular formula is C13H18ClN3O. The first-order valence-corrected chi connectivity index (χ1v) is 6.70. The number of nitrogens with zero attached hydrogens (tertiary/aromatic N) is 1. The van der Waals surface area contributed by atoms with Crippen LogP contribution in [0, 0.1) is 5.92 Å². The maximum Gasteiger partial charge on any atom is 0.253 e. The zero-order valence-electron chi connectivity index (χ0n) is 10.7. The highest BCUT2D eigenvalue weighted by Crippen LogP contribution is 2.29. The fraction of sp³-hybridized carbons (Fsp3) is 0.538. The minimum atomic E-state index is -0.0965. The number of carbonyl (C=O) groups is 1. The monoisotopic (exact) mass is 267 g/mol. The molecule has 0 saturated heterocycles. The van der Waals surface area contributed by atoms with Crippen molar-refractivity contribution in [3.05, 3.63) is 22.8 Å². The van der Waals surface area contributed by atoms with Gasteiger partial charge in [-0.1, -0.05) is 25.4 Å². The van der Waals surface area contributed by atoms with Gasteiger partial charge in [0.2, 0.25) is 0 Å². The highest BCUT2D eigenvalue weighted by Gasteiger charge is 2.34. The van der Waals surface area contributed by atoms with E-state index in [1.807, 2.05) is 0 Å². The number of aromatic nitrogens is 1. The largest absolute Gasteiger partial charge is 0.369 e. The van der Waals surface area contributed by atoms with Crippen LogP contribution in [0.15, 0.2) is 12.3 Å². The van der Waals surface area contributed by atoms with E-state index in [9.17, 15) is 4.79 Å². The minimum absolute atomic E-state index is 0.0965. The number of rotatable bonds is 5. The minimum Gasteiger partial charge on any atom is -0.369 e. The third kappa shape index (κ3) is 3.13. The van der Waals surface area contributed by atoms with Gasteiger partial charge >= 0.3 is 0 Å². The average Bonchev–Trinajstić information content (AvgIpc) is 3.03. The van der Waals surface area contributed by atoms with Gasteiger partial charge in [-0.15, -0.1) is 0 Å². The van der Waals surface area contributed by atoms with E-state index >= 15 is 0 Å². The van der Waals surface area contributed by atoms with Crippen LogP contribution in [0.25, 0.3) is 0 Å². The smallest absolute Gasteiger partial charge is 0.253 e. The summed E-state index contributed by atoms with van der Waals surface area (Å²) in [6.07, 6.45) is 3.62. The molecule has 0 bridgehead atoms. The Morgan fingerprint density at radius 3 is 2.89 bits per heavy atom. The van der Waals surface area contributed by atoms with Crippen molar-refractivity contribution in [2.45, 2.75) is 32.7 Å². The molecule has 4 nitrogen and oxygen atoms in total. The first kappa shape index (κ1) is 13.1. The second-order valence-corrected chi connectivity index (χ2v) is 5.18. The molecule has 1 amide bonds. The normalized spacial score (nSPS) is 21.5. The quantitative estimate of drug-likeness (QED) is 0.862. The molecule has 18 heavy (non-hydrogen) atoms. The van der Waals surface area contributed by atoms with Crippen molar-refractivity contribution < 1.29 is 4.79 Å². The van der Waals surface area contributed by atoms with Crippen molar-refractivity contribution in [2.24, 2.45) is 5.92 Å². The van der Waals surface area contributed by atoms with Gasteiger partial charge in [0.15, 0.2) is 0 Å². The molecule has 1 heterocycles. The molecule has 0 spiro atoms. The molecule has 0 radical (unpaired) electrons. The fourth-order valence-corrected chi connectivity index (χ4v) is 1.94. The topological polar surface area (TPSA) is 54.0 Å². The van der Waals surface area contributed by atoms with Crippen molar-refractivity contribution in [3.8, 4) is 0 Å². The van der Waals surface area contributed by atoms with Crippen LogP contribution in [0.4, 0.5) is 5.82 Å². The number of hydrogen-bond donors (Lipinski definition) is 2. The predicted molar refractivity (Wildman–Crippen MR) is 73.1 cm³/mol. The van der Waals surface area contributed by atoms with Gasteiger partial charge in [-0.3, -0.25) is 4.79 Å². The van der Waals surface area contributed by atoms with Crippen LogP contribution in [0.1, 0.15) is 37.0 Å². The lowest BCUT2D eigenvalue weighted by Crippen LogP contribution is -2.26. The van der Waals surface area contributed by atoms with Crippen LogP contribution < -0.4 is 10.6 Å². The van der Waals surface area contributed by atoms with Gasteiger partial charge in [-0.25, -0.2) is 4.98 Å². The third-order valence-corrected chi connectivity index (χ3v) is 3.36. The van der Waals surface area contributed by atoms with Gasteiger partial charge in [0.1, 0.15) is 5.82 Å². The van der Waals surface area contributed by atoms with Crippen LogP contribution in [-0.2, 0) is 0 Å². The highest BCUT2D eigenvalue weighted by molar-refractivity contribution is 6.33. The van der Waals surface area contributed by atoms with Crippen LogP contribution >= 0.6 is 11.6 Å². The molecule has 1 saturated carbocycles. The van der Waals surface area contributed by atoms with Gasteiger partial charge < -0.3 is 10.6 Å². The van der Waals surface area contributed by atoms with Gasteiger partial charge in [0.05, 0.1) is 10.6 Å². The number of pyridine rings is 1. The van der Waals surface area contributed by atoms with Crippen LogP contribution in [0.2, 0.25) is 5.02 Å². The maximum absolute atomic E-state index is 11.9. The molecule has 1 aliphatic carbocycles. The van der Waals surface area contributed by atoms with E-state index in [1.54, 1.807) is 12.3 Å². The Kier molecular flexibility index (Phi) is 4.07. The van der Waals surface area contributed by atoms with E-state index in [0.29, 0.717) is 28.4 Å². The Labute approximate surface area is 112 Å². The molecule has 98 valence electrons. The van der Waals surface area contributed by atoms with Crippen molar-refractivity contribution in [3.63, 3.8) is 0 Å². The van der Waals surface area contributed by atoms with Crippen molar-refractivity contribution in [1.82, 2.24) is 10.3 Å². The Morgan fingerprint density at radius 2 is 2.33 bits per heavy atom. The second kappa shape index (κ2) is 5.57. The number of halogens is 1. The Morgan fingerprint density at radius 1 is 1.61 bits per heavy atom. The lowest BCUT2D eigenvalue weighted by atomic mass is 10.2. The summed E-state index contributed by atoms with van der Waals surface area (Å²) in [5.41, 5.74) is 0.515. The summed E-state index contributed by atoms with van der Waals surface area (Å²) in [6, 6.07) is 1.98. The molecule has 2 N–H and O–H groups in total. The fourth-order valence-electron chi connectivity index (χ4n) is 1.71. The molecule has 2 rings (SSSR count). The van der Waals surface area contributed by atoms with Gasteiger partial charge in [0.25, 0.3) is 5.91 Å². The van der Waals surface area contributed by atoms with Crippen LogP contribution in [0.5, 0.6) is 0 Å².